The molecule has 0 aromatic carbocycles. The van der Waals surface area contributed by atoms with Crippen molar-refractivity contribution in [3.05, 3.63) is 0 Å². The van der Waals surface area contributed by atoms with Gasteiger partial charge in [0.15, 0.2) is 0 Å². The zero-order valence-corrected chi connectivity index (χ0v) is 10.5. The van der Waals surface area contributed by atoms with Crippen LogP contribution < -0.4 is 5.32 Å². The summed E-state index contributed by atoms with van der Waals surface area (Å²) in [6.45, 7) is 8.72. The molecule has 16 heavy (non-hydrogen) atoms. The Morgan fingerprint density at radius 2 is 2.00 bits per heavy atom. The van der Waals surface area contributed by atoms with Crippen molar-refractivity contribution in [1.82, 2.24) is 10.2 Å². The molecule has 0 unspecified atom stereocenters. The lowest BCUT2D eigenvalue weighted by Gasteiger charge is -2.47. The van der Waals surface area contributed by atoms with Gasteiger partial charge in [-0.15, -0.1) is 0 Å². The zero-order chi connectivity index (χ0) is 11.8. The van der Waals surface area contributed by atoms with E-state index < -0.39 is 0 Å². The number of likely N-dealkylation sites (tertiary alicyclic amines) is 1. The van der Waals surface area contributed by atoms with Crippen LogP contribution >= 0.6 is 0 Å². The third-order valence-electron chi connectivity index (χ3n) is 3.31. The zero-order valence-electron chi connectivity index (χ0n) is 10.5. The Labute approximate surface area is 97.3 Å². The van der Waals surface area contributed by atoms with Gasteiger partial charge in [0.1, 0.15) is 5.60 Å². The fourth-order valence-electron chi connectivity index (χ4n) is 2.49. The molecule has 1 amide bonds. The molecule has 4 heteroatoms. The number of hydrogen-bond donors (Lipinski definition) is 1. The van der Waals surface area contributed by atoms with Crippen LogP contribution in [0.4, 0.5) is 4.79 Å². The number of nitrogens with one attached hydrogen (secondary N) is 1. The lowest BCUT2D eigenvalue weighted by atomic mass is 9.85. The van der Waals surface area contributed by atoms with Crippen molar-refractivity contribution in [2.24, 2.45) is 5.92 Å². The molecule has 2 aliphatic heterocycles. The Bertz CT molecular complexity index is 273. The molecular weight excluding hydrogens is 204 g/mol. The van der Waals surface area contributed by atoms with E-state index in [1.165, 1.54) is 6.42 Å². The molecule has 2 rings (SSSR count). The van der Waals surface area contributed by atoms with Crippen LogP contribution in [0.5, 0.6) is 0 Å². The van der Waals surface area contributed by atoms with E-state index in [1.807, 2.05) is 25.7 Å². The minimum absolute atomic E-state index is 0.143. The lowest BCUT2D eigenvalue weighted by molar-refractivity contribution is -0.0305. The quantitative estimate of drug-likeness (QED) is 0.682. The van der Waals surface area contributed by atoms with E-state index in [-0.39, 0.29) is 11.7 Å². The molecule has 0 aliphatic carbocycles. The Kier molecular flexibility index (Phi) is 3.10. The minimum atomic E-state index is -0.384. The summed E-state index contributed by atoms with van der Waals surface area (Å²) >= 11 is 0. The van der Waals surface area contributed by atoms with Crippen LogP contribution in [0, 0.1) is 5.92 Å². The van der Waals surface area contributed by atoms with E-state index in [9.17, 15) is 4.79 Å². The third kappa shape index (κ3) is 2.48. The summed E-state index contributed by atoms with van der Waals surface area (Å²) in [4.78, 5) is 13.8. The van der Waals surface area contributed by atoms with Gasteiger partial charge < -0.3 is 15.0 Å². The third-order valence-corrected chi connectivity index (χ3v) is 3.31. The van der Waals surface area contributed by atoms with Gasteiger partial charge in [0, 0.05) is 12.6 Å². The second kappa shape index (κ2) is 4.24. The molecular formula is C12H22N2O2. The van der Waals surface area contributed by atoms with Gasteiger partial charge in [-0.3, -0.25) is 0 Å². The number of fused-ring (bicyclic) bond motifs is 1. The second-order valence-corrected chi connectivity index (χ2v) is 5.79. The molecule has 0 saturated carbocycles. The maximum atomic E-state index is 11.9. The van der Waals surface area contributed by atoms with Gasteiger partial charge in [-0.25, -0.2) is 4.79 Å². The number of hydrogen-bond acceptors (Lipinski definition) is 3. The van der Waals surface area contributed by atoms with Crippen molar-refractivity contribution >= 4 is 6.09 Å². The van der Waals surface area contributed by atoms with Crippen LogP contribution in [0.2, 0.25) is 0 Å². The smallest absolute Gasteiger partial charge is 0.410 e. The molecule has 0 aromatic heterocycles. The van der Waals surface area contributed by atoms with Gasteiger partial charge in [-0.1, -0.05) is 0 Å². The second-order valence-electron chi connectivity index (χ2n) is 5.79. The van der Waals surface area contributed by atoms with Gasteiger partial charge in [-0.05, 0) is 52.6 Å². The van der Waals surface area contributed by atoms with Crippen LogP contribution in [0.15, 0.2) is 0 Å². The maximum Gasteiger partial charge on any atom is 0.410 e. The maximum absolute atomic E-state index is 11.9. The van der Waals surface area contributed by atoms with Gasteiger partial charge in [0.05, 0.1) is 0 Å². The molecule has 2 saturated heterocycles. The number of ether oxygens (including phenoxy) is 1. The van der Waals surface area contributed by atoms with Crippen molar-refractivity contribution in [3.8, 4) is 0 Å². The molecule has 1 N–H and O–H groups in total. The highest BCUT2D eigenvalue weighted by molar-refractivity contribution is 5.69. The first kappa shape index (κ1) is 11.7. The number of amides is 1. The van der Waals surface area contributed by atoms with Crippen molar-refractivity contribution < 1.29 is 9.53 Å². The average Bonchev–Trinajstić information content (AvgIpc) is 2.25. The van der Waals surface area contributed by atoms with Crippen LogP contribution in [0.25, 0.3) is 0 Å². The predicted octanol–water partition coefficient (Wildman–Crippen LogP) is 1.61. The lowest BCUT2D eigenvalue weighted by Crippen LogP contribution is -2.59. The molecule has 92 valence electrons. The van der Waals surface area contributed by atoms with Crippen LogP contribution in [-0.2, 0) is 4.74 Å². The molecule has 2 aliphatic rings. The Morgan fingerprint density at radius 1 is 1.31 bits per heavy atom. The van der Waals surface area contributed by atoms with Gasteiger partial charge in [-0.2, -0.15) is 0 Å². The van der Waals surface area contributed by atoms with Crippen molar-refractivity contribution in [2.75, 3.05) is 19.6 Å². The molecule has 0 bridgehead atoms. The largest absolute Gasteiger partial charge is 0.444 e. The molecule has 0 aromatic rings. The van der Waals surface area contributed by atoms with E-state index in [2.05, 4.69) is 5.32 Å². The Hall–Kier alpha value is -0.770. The molecule has 4 nitrogen and oxygen atoms in total. The average molecular weight is 226 g/mol. The van der Waals surface area contributed by atoms with E-state index in [0.717, 1.165) is 26.1 Å². The first-order valence-electron chi connectivity index (χ1n) is 6.18. The van der Waals surface area contributed by atoms with Crippen LogP contribution in [-0.4, -0.2) is 42.3 Å². The number of rotatable bonds is 0. The van der Waals surface area contributed by atoms with Gasteiger partial charge in [0.25, 0.3) is 0 Å². The highest BCUT2D eigenvalue weighted by atomic mass is 16.6. The topological polar surface area (TPSA) is 41.6 Å². The van der Waals surface area contributed by atoms with Crippen molar-refractivity contribution in [1.29, 1.82) is 0 Å². The summed E-state index contributed by atoms with van der Waals surface area (Å²) in [5.74, 6) is 0.683. The standard InChI is InChI=1S/C12H22N2O2/c1-12(2,3)16-11(15)14-8-9-4-6-13-7-5-10(9)14/h9-10,13H,4-8H2,1-3H3/t9-,10-/m1/s1. The van der Waals surface area contributed by atoms with Gasteiger partial charge >= 0.3 is 6.09 Å². The highest BCUT2D eigenvalue weighted by Crippen LogP contribution is 2.32. The van der Waals surface area contributed by atoms with Gasteiger partial charge in [0.2, 0.25) is 0 Å². The van der Waals surface area contributed by atoms with E-state index >= 15 is 0 Å². The van der Waals surface area contributed by atoms with E-state index in [1.54, 1.807) is 0 Å². The summed E-state index contributed by atoms with van der Waals surface area (Å²) < 4.78 is 5.40. The molecule has 0 radical (unpaired) electrons. The molecule has 2 atom stereocenters. The number of carbonyl (C=O) groups is 1. The van der Waals surface area contributed by atoms with E-state index in [0.29, 0.717) is 12.0 Å². The summed E-state index contributed by atoms with van der Waals surface area (Å²) in [5, 5.41) is 3.38. The molecule has 2 fully saturated rings. The van der Waals surface area contributed by atoms with Crippen LogP contribution in [0.3, 0.4) is 0 Å². The Balaban J connectivity index is 1.90. The van der Waals surface area contributed by atoms with Crippen LogP contribution in [0.1, 0.15) is 33.6 Å². The van der Waals surface area contributed by atoms with Crippen molar-refractivity contribution in [2.45, 2.75) is 45.3 Å². The SMILES string of the molecule is CC(C)(C)OC(=O)N1C[C@H]2CCNCC[C@H]21. The Morgan fingerprint density at radius 3 is 2.69 bits per heavy atom. The fourth-order valence-corrected chi connectivity index (χ4v) is 2.49. The fraction of sp³-hybridized carbons (Fsp3) is 0.917. The molecule has 2 heterocycles. The number of nitrogens with zero attached hydrogens (tertiary/aromatic N) is 1. The summed E-state index contributed by atoms with van der Waals surface area (Å²) in [6, 6.07) is 0.407. The first-order chi connectivity index (χ1) is 7.47. The molecule has 0 spiro atoms. The minimum Gasteiger partial charge on any atom is -0.444 e. The number of carbonyl (C=O) groups excluding carboxylic acids is 1. The summed E-state index contributed by atoms with van der Waals surface area (Å²) in [5.41, 5.74) is -0.384. The summed E-state index contributed by atoms with van der Waals surface area (Å²) in [6.07, 6.45) is 2.10. The predicted molar refractivity (Wildman–Crippen MR) is 62.3 cm³/mol. The van der Waals surface area contributed by atoms with Crippen molar-refractivity contribution in [3.63, 3.8) is 0 Å². The highest BCUT2D eigenvalue weighted by Gasteiger charge is 2.43. The monoisotopic (exact) mass is 226 g/mol. The normalized spacial score (nSPS) is 30.1. The first-order valence-corrected chi connectivity index (χ1v) is 6.18. The van der Waals surface area contributed by atoms with E-state index in [4.69, 9.17) is 4.74 Å². The summed E-state index contributed by atoms with van der Waals surface area (Å²) in [7, 11) is 0.